The lowest BCUT2D eigenvalue weighted by atomic mass is 9.79. The number of amides is 1. The molecule has 0 saturated carbocycles. The van der Waals surface area contributed by atoms with Gasteiger partial charge in [-0.3, -0.25) is 9.79 Å². The molecule has 1 aliphatic carbocycles. The summed E-state index contributed by atoms with van der Waals surface area (Å²) in [5, 5.41) is 6.52. The predicted octanol–water partition coefficient (Wildman–Crippen LogP) is 2.28. The zero-order chi connectivity index (χ0) is 18.0. The van der Waals surface area contributed by atoms with Gasteiger partial charge in [0, 0.05) is 50.5 Å². The predicted molar refractivity (Wildman–Crippen MR) is 104 cm³/mol. The zero-order valence-electron chi connectivity index (χ0n) is 15.8. The minimum absolute atomic E-state index is 0.103. The summed E-state index contributed by atoms with van der Waals surface area (Å²) in [6.45, 7) is 6.63. The Morgan fingerprint density at radius 2 is 2.31 bits per heavy atom. The van der Waals surface area contributed by atoms with E-state index in [1.54, 1.807) is 0 Å². The fraction of sp³-hybridized carbons (Fsp3) is 0.619. The van der Waals surface area contributed by atoms with Gasteiger partial charge in [0.05, 0.1) is 0 Å². The van der Waals surface area contributed by atoms with Crippen molar-refractivity contribution in [1.82, 2.24) is 15.5 Å². The molecule has 5 nitrogen and oxygen atoms in total. The standard InChI is InChI=1S/C21H30N4O/c1-2-22-20(23-13-17-9-8-16-6-3-4-7-18(16)17)25-11-5-10-21(15-25)12-19(26)24-14-21/h3-4,6-7,17H,2,5,8-15H2,1H3,(H,22,23)(H,24,26). The van der Waals surface area contributed by atoms with Gasteiger partial charge in [0.1, 0.15) is 0 Å². The van der Waals surface area contributed by atoms with Crippen molar-refractivity contribution < 1.29 is 4.79 Å². The minimum atomic E-state index is 0.103. The molecule has 26 heavy (non-hydrogen) atoms. The first-order valence-electron chi connectivity index (χ1n) is 10.1. The molecule has 1 amide bonds. The second-order valence-corrected chi connectivity index (χ2v) is 8.11. The van der Waals surface area contributed by atoms with Crippen molar-refractivity contribution in [1.29, 1.82) is 0 Å². The van der Waals surface area contributed by atoms with Crippen LogP contribution in [0.5, 0.6) is 0 Å². The summed E-state index contributed by atoms with van der Waals surface area (Å²) in [6.07, 6.45) is 5.31. The molecule has 2 unspecified atom stereocenters. The molecule has 0 aromatic heterocycles. The van der Waals surface area contributed by atoms with Gasteiger partial charge in [0.2, 0.25) is 5.91 Å². The molecule has 1 aromatic rings. The summed E-state index contributed by atoms with van der Waals surface area (Å²) in [5.74, 6) is 1.76. The second-order valence-electron chi connectivity index (χ2n) is 8.11. The van der Waals surface area contributed by atoms with Crippen LogP contribution in [0.15, 0.2) is 29.3 Å². The number of carbonyl (C=O) groups is 1. The van der Waals surface area contributed by atoms with E-state index < -0.39 is 0 Å². The Morgan fingerprint density at radius 1 is 1.42 bits per heavy atom. The van der Waals surface area contributed by atoms with E-state index >= 15 is 0 Å². The number of likely N-dealkylation sites (tertiary alicyclic amines) is 1. The number of guanidine groups is 1. The van der Waals surface area contributed by atoms with Gasteiger partial charge in [-0.25, -0.2) is 0 Å². The van der Waals surface area contributed by atoms with Gasteiger partial charge < -0.3 is 15.5 Å². The summed E-state index contributed by atoms with van der Waals surface area (Å²) in [5.41, 5.74) is 3.07. The Kier molecular flexibility index (Phi) is 4.88. The molecular weight excluding hydrogens is 324 g/mol. The van der Waals surface area contributed by atoms with Crippen LogP contribution >= 0.6 is 0 Å². The van der Waals surface area contributed by atoms with Gasteiger partial charge in [0.25, 0.3) is 0 Å². The normalized spacial score (nSPS) is 28.3. The van der Waals surface area contributed by atoms with Gasteiger partial charge in [-0.1, -0.05) is 24.3 Å². The molecule has 1 aromatic carbocycles. The maximum Gasteiger partial charge on any atom is 0.220 e. The highest BCUT2D eigenvalue weighted by atomic mass is 16.1. The third kappa shape index (κ3) is 3.44. The first kappa shape index (κ1) is 17.4. The van der Waals surface area contributed by atoms with Crippen LogP contribution in [0.25, 0.3) is 0 Å². The highest BCUT2D eigenvalue weighted by Crippen LogP contribution is 2.36. The number of piperidine rings is 1. The van der Waals surface area contributed by atoms with E-state index in [0.717, 1.165) is 51.5 Å². The molecule has 4 rings (SSSR count). The van der Waals surface area contributed by atoms with Crippen LogP contribution in [-0.2, 0) is 11.2 Å². The fourth-order valence-corrected chi connectivity index (χ4v) is 4.89. The minimum Gasteiger partial charge on any atom is -0.357 e. The van der Waals surface area contributed by atoms with Gasteiger partial charge in [-0.15, -0.1) is 0 Å². The fourth-order valence-electron chi connectivity index (χ4n) is 4.89. The molecule has 2 aliphatic heterocycles. The average molecular weight is 354 g/mol. The van der Waals surface area contributed by atoms with Crippen molar-refractivity contribution in [3.8, 4) is 0 Å². The number of aryl methyl sites for hydroxylation is 1. The van der Waals surface area contributed by atoms with E-state index in [1.807, 2.05) is 0 Å². The molecule has 0 radical (unpaired) electrons. The van der Waals surface area contributed by atoms with Crippen molar-refractivity contribution in [3.05, 3.63) is 35.4 Å². The van der Waals surface area contributed by atoms with Gasteiger partial charge in [0.15, 0.2) is 5.96 Å². The largest absolute Gasteiger partial charge is 0.357 e. The maximum atomic E-state index is 11.8. The monoisotopic (exact) mass is 354 g/mol. The number of hydrogen-bond donors (Lipinski definition) is 2. The third-order valence-corrected chi connectivity index (χ3v) is 6.21. The highest BCUT2D eigenvalue weighted by molar-refractivity contribution is 5.81. The van der Waals surface area contributed by atoms with Crippen molar-refractivity contribution in [2.24, 2.45) is 10.4 Å². The number of rotatable bonds is 3. The summed E-state index contributed by atoms with van der Waals surface area (Å²) < 4.78 is 0. The van der Waals surface area contributed by atoms with Crippen molar-refractivity contribution in [2.75, 3.05) is 32.7 Å². The maximum absolute atomic E-state index is 11.8. The Balaban J connectivity index is 1.47. The van der Waals surface area contributed by atoms with Crippen LogP contribution in [0.1, 0.15) is 49.7 Å². The van der Waals surface area contributed by atoms with Crippen LogP contribution in [0, 0.1) is 5.41 Å². The molecule has 2 heterocycles. The smallest absolute Gasteiger partial charge is 0.220 e. The first-order valence-corrected chi connectivity index (χ1v) is 10.1. The van der Waals surface area contributed by atoms with Crippen molar-refractivity contribution in [3.63, 3.8) is 0 Å². The molecule has 2 N–H and O–H groups in total. The summed E-state index contributed by atoms with van der Waals surface area (Å²) in [4.78, 5) is 19.2. The third-order valence-electron chi connectivity index (χ3n) is 6.21. The molecule has 5 heteroatoms. The van der Waals surface area contributed by atoms with Crippen LogP contribution in [-0.4, -0.2) is 49.5 Å². The molecule has 0 bridgehead atoms. The Hall–Kier alpha value is -2.04. The summed E-state index contributed by atoms with van der Waals surface area (Å²) in [7, 11) is 0. The number of fused-ring (bicyclic) bond motifs is 1. The quantitative estimate of drug-likeness (QED) is 0.647. The number of aliphatic imine (C=N–C) groups is 1. The summed E-state index contributed by atoms with van der Waals surface area (Å²) in [6, 6.07) is 8.80. The first-order chi connectivity index (χ1) is 12.7. The van der Waals surface area contributed by atoms with E-state index in [-0.39, 0.29) is 11.3 Å². The molecule has 1 spiro atoms. The SMILES string of the molecule is CCNC(=NCC1CCc2ccccc21)N1CCCC2(CNC(=O)C2)C1. The van der Waals surface area contributed by atoms with Crippen LogP contribution in [0.4, 0.5) is 0 Å². The van der Waals surface area contributed by atoms with Crippen molar-refractivity contribution >= 4 is 11.9 Å². The lowest BCUT2D eigenvalue weighted by Gasteiger charge is -2.41. The second kappa shape index (κ2) is 7.29. The van der Waals surface area contributed by atoms with E-state index in [4.69, 9.17) is 4.99 Å². The topological polar surface area (TPSA) is 56.7 Å². The van der Waals surface area contributed by atoms with Gasteiger partial charge in [-0.05, 0) is 43.7 Å². The van der Waals surface area contributed by atoms with Crippen molar-refractivity contribution in [2.45, 2.75) is 44.9 Å². The molecule has 2 saturated heterocycles. The highest BCUT2D eigenvalue weighted by Gasteiger charge is 2.42. The van der Waals surface area contributed by atoms with Crippen LogP contribution < -0.4 is 10.6 Å². The number of carbonyl (C=O) groups excluding carboxylic acids is 1. The molecule has 2 atom stereocenters. The number of benzene rings is 1. The average Bonchev–Trinajstić information content (AvgIpc) is 3.22. The number of hydrogen-bond acceptors (Lipinski definition) is 2. The molecule has 2 fully saturated rings. The van der Waals surface area contributed by atoms with Gasteiger partial charge in [-0.2, -0.15) is 0 Å². The Bertz CT molecular complexity index is 701. The Labute approximate surface area is 156 Å². The van der Waals surface area contributed by atoms with E-state index in [2.05, 4.69) is 46.7 Å². The van der Waals surface area contributed by atoms with E-state index in [0.29, 0.717) is 12.3 Å². The lowest BCUT2D eigenvalue weighted by Crippen LogP contribution is -2.51. The summed E-state index contributed by atoms with van der Waals surface area (Å²) >= 11 is 0. The van der Waals surface area contributed by atoms with Gasteiger partial charge >= 0.3 is 0 Å². The van der Waals surface area contributed by atoms with Crippen LogP contribution in [0.2, 0.25) is 0 Å². The zero-order valence-corrected chi connectivity index (χ0v) is 15.8. The number of nitrogens with zero attached hydrogens (tertiary/aromatic N) is 2. The molecule has 140 valence electrons. The molecule has 3 aliphatic rings. The molecular formula is C21H30N4O. The van der Waals surface area contributed by atoms with E-state index in [1.165, 1.54) is 24.0 Å². The van der Waals surface area contributed by atoms with Crippen LogP contribution in [0.3, 0.4) is 0 Å². The number of nitrogens with one attached hydrogen (secondary N) is 2. The van der Waals surface area contributed by atoms with E-state index in [9.17, 15) is 4.79 Å². The Morgan fingerprint density at radius 3 is 3.12 bits per heavy atom. The lowest BCUT2D eigenvalue weighted by molar-refractivity contribution is -0.119.